The third-order valence-corrected chi connectivity index (χ3v) is 6.79. The number of fused-ring (bicyclic) bond motifs is 1. The zero-order valence-electron chi connectivity index (χ0n) is 18.6. The monoisotopic (exact) mass is 489 g/mol. The van der Waals surface area contributed by atoms with E-state index in [-0.39, 0.29) is 0 Å². The number of aromatic nitrogens is 6. The summed E-state index contributed by atoms with van der Waals surface area (Å²) < 4.78 is 43.7. The molecule has 0 radical (unpaired) electrons. The summed E-state index contributed by atoms with van der Waals surface area (Å²) in [6, 6.07) is 13.9. The van der Waals surface area contributed by atoms with Gasteiger partial charge in [-0.1, -0.05) is 18.2 Å². The van der Waals surface area contributed by atoms with Crippen LogP contribution in [-0.4, -0.2) is 37.7 Å². The predicted octanol–water partition coefficient (Wildman–Crippen LogP) is 3.13. The van der Waals surface area contributed by atoms with Gasteiger partial charge in [-0.25, -0.2) is 32.5 Å². The van der Waals surface area contributed by atoms with E-state index in [0.29, 0.717) is 35.7 Å². The molecule has 0 saturated heterocycles. The van der Waals surface area contributed by atoms with Gasteiger partial charge in [-0.05, 0) is 42.7 Å². The maximum absolute atomic E-state index is 14.7. The number of hydrogen-bond donors (Lipinski definition) is 2. The molecule has 1 aliphatic carbocycles. The molecule has 35 heavy (non-hydrogen) atoms. The number of thiol groups is 1. The zero-order valence-corrected chi connectivity index (χ0v) is 19.5. The van der Waals surface area contributed by atoms with Crippen LogP contribution in [0.1, 0.15) is 18.7 Å². The molecule has 0 amide bonds. The fourth-order valence-electron chi connectivity index (χ4n) is 4.21. The van der Waals surface area contributed by atoms with Crippen LogP contribution in [0.5, 0.6) is 0 Å². The minimum Gasteiger partial charge on any atom is -0.283 e. The van der Waals surface area contributed by atoms with Gasteiger partial charge in [-0.2, -0.15) is 5.10 Å². The highest BCUT2D eigenvalue weighted by molar-refractivity contribution is 7.70. The van der Waals surface area contributed by atoms with Gasteiger partial charge in [0.15, 0.2) is 5.82 Å². The smallest absolute Gasteiger partial charge is 0.202 e. The lowest BCUT2D eigenvalue weighted by Gasteiger charge is -2.16. The Balaban J connectivity index is 1.51. The van der Waals surface area contributed by atoms with Crippen molar-refractivity contribution in [3.05, 3.63) is 78.9 Å². The first-order chi connectivity index (χ1) is 16.9. The quantitative estimate of drug-likeness (QED) is 0.355. The fraction of sp³-hybridized carbons (Fsp3) is 0.167. The standard InChI is InChI=1S/C24H20FN7O2S/c1-31-13-16(12-27-31)15-6-7-21-20(10-15)26-14-32(21)22-11-19(17-4-2-3-5-18(17)25)28-23(29-22)24(8-9-24)30-35(33)34/h2-7,10-14,35H,8-9H2,1H3,(H,30,33,34). The molecule has 11 heteroatoms. The van der Waals surface area contributed by atoms with Gasteiger partial charge in [0.1, 0.15) is 18.0 Å². The lowest BCUT2D eigenvalue weighted by Crippen LogP contribution is -2.30. The normalized spacial score (nSPS) is 14.6. The Morgan fingerprint density at radius 3 is 2.60 bits per heavy atom. The van der Waals surface area contributed by atoms with E-state index in [1.807, 2.05) is 31.4 Å². The number of aryl methyl sites for hydroxylation is 1. The molecule has 0 spiro atoms. The van der Waals surface area contributed by atoms with Crippen molar-refractivity contribution in [1.82, 2.24) is 34.0 Å². The summed E-state index contributed by atoms with van der Waals surface area (Å²) in [6.07, 6.45) is 6.50. The molecule has 1 N–H and O–H groups in total. The summed E-state index contributed by atoms with van der Waals surface area (Å²) >= 11 is 0. The van der Waals surface area contributed by atoms with Gasteiger partial charge in [0.05, 0.1) is 28.5 Å². The number of benzene rings is 2. The van der Waals surface area contributed by atoms with Crippen molar-refractivity contribution in [2.75, 3.05) is 0 Å². The SMILES string of the molecule is Cn1cc(-c2ccc3c(c2)ncn3-c2cc(-c3ccccc3F)nc(C3(N[SH](=O)=O)CC3)n2)cn1. The molecule has 9 nitrogen and oxygen atoms in total. The molecule has 1 aliphatic rings. The Bertz CT molecular complexity index is 1660. The van der Waals surface area contributed by atoms with Crippen molar-refractivity contribution in [2.45, 2.75) is 18.4 Å². The van der Waals surface area contributed by atoms with E-state index >= 15 is 0 Å². The highest BCUT2D eigenvalue weighted by atomic mass is 32.2. The van der Waals surface area contributed by atoms with Crippen molar-refractivity contribution >= 4 is 21.9 Å². The summed E-state index contributed by atoms with van der Waals surface area (Å²) in [7, 11) is -0.995. The van der Waals surface area contributed by atoms with E-state index in [0.717, 1.165) is 22.2 Å². The highest BCUT2D eigenvalue weighted by Crippen LogP contribution is 2.44. The molecule has 0 unspecified atom stereocenters. The average Bonchev–Trinajstić information content (AvgIpc) is 3.29. The second kappa shape index (κ2) is 8.07. The Labute approximate surface area is 201 Å². The maximum atomic E-state index is 14.7. The van der Waals surface area contributed by atoms with Crippen LogP contribution in [-0.2, 0) is 23.5 Å². The first-order valence-corrected chi connectivity index (χ1v) is 12.1. The van der Waals surface area contributed by atoms with Crippen molar-refractivity contribution in [3.63, 3.8) is 0 Å². The Hall–Kier alpha value is -3.96. The van der Waals surface area contributed by atoms with Crippen LogP contribution in [0.3, 0.4) is 0 Å². The summed E-state index contributed by atoms with van der Waals surface area (Å²) in [4.78, 5) is 13.8. The number of nitrogens with zero attached hydrogens (tertiary/aromatic N) is 6. The lowest BCUT2D eigenvalue weighted by molar-refractivity contribution is 0.554. The van der Waals surface area contributed by atoms with Crippen LogP contribution in [0.25, 0.3) is 39.2 Å². The van der Waals surface area contributed by atoms with Crippen LogP contribution in [0.15, 0.2) is 67.3 Å². The van der Waals surface area contributed by atoms with Crippen molar-refractivity contribution < 1.29 is 12.8 Å². The molecule has 2 aromatic carbocycles. The predicted molar refractivity (Wildman–Crippen MR) is 129 cm³/mol. The first kappa shape index (κ1) is 21.6. The summed E-state index contributed by atoms with van der Waals surface area (Å²) in [5.74, 6) is 0.354. The second-order valence-electron chi connectivity index (χ2n) is 8.59. The molecule has 0 aliphatic heterocycles. The molecule has 1 fully saturated rings. The van der Waals surface area contributed by atoms with Crippen LogP contribution in [0, 0.1) is 5.82 Å². The van der Waals surface area contributed by atoms with E-state index in [9.17, 15) is 12.8 Å². The molecular formula is C24H20FN7O2S. The van der Waals surface area contributed by atoms with E-state index < -0.39 is 22.2 Å². The van der Waals surface area contributed by atoms with Gasteiger partial charge < -0.3 is 0 Å². The van der Waals surface area contributed by atoms with E-state index in [1.165, 1.54) is 6.07 Å². The summed E-state index contributed by atoms with van der Waals surface area (Å²) in [6.45, 7) is 0. The van der Waals surface area contributed by atoms with Crippen LogP contribution < -0.4 is 4.72 Å². The van der Waals surface area contributed by atoms with E-state index in [2.05, 4.69) is 19.8 Å². The summed E-state index contributed by atoms with van der Waals surface area (Å²) in [5.41, 5.74) is 3.30. The number of rotatable bonds is 6. The number of hydrogen-bond acceptors (Lipinski definition) is 6. The third kappa shape index (κ3) is 3.88. The van der Waals surface area contributed by atoms with Crippen LogP contribution in [0.4, 0.5) is 4.39 Å². The first-order valence-electron chi connectivity index (χ1n) is 11.0. The van der Waals surface area contributed by atoms with Gasteiger partial charge in [0.25, 0.3) is 0 Å². The van der Waals surface area contributed by atoms with Gasteiger partial charge in [0.2, 0.25) is 10.9 Å². The van der Waals surface area contributed by atoms with Crippen molar-refractivity contribution in [2.24, 2.45) is 7.05 Å². The minimum absolute atomic E-state index is 0.307. The molecule has 3 aromatic heterocycles. The van der Waals surface area contributed by atoms with Crippen molar-refractivity contribution in [3.8, 4) is 28.2 Å². The molecule has 5 aromatic rings. The molecular weight excluding hydrogens is 469 g/mol. The van der Waals surface area contributed by atoms with Gasteiger partial charge in [-0.15, -0.1) is 0 Å². The molecule has 3 heterocycles. The molecule has 0 atom stereocenters. The average molecular weight is 490 g/mol. The van der Waals surface area contributed by atoms with E-state index in [4.69, 9.17) is 4.98 Å². The molecule has 0 bridgehead atoms. The topological polar surface area (TPSA) is 108 Å². The summed E-state index contributed by atoms with van der Waals surface area (Å²) in [5, 5.41) is 4.22. The highest BCUT2D eigenvalue weighted by Gasteiger charge is 2.48. The van der Waals surface area contributed by atoms with Gasteiger partial charge in [0, 0.05) is 30.4 Å². The van der Waals surface area contributed by atoms with Crippen LogP contribution >= 0.6 is 0 Å². The Kier molecular flexibility index (Phi) is 4.97. The van der Waals surface area contributed by atoms with Gasteiger partial charge in [-0.3, -0.25) is 9.25 Å². The Morgan fingerprint density at radius 2 is 1.89 bits per heavy atom. The van der Waals surface area contributed by atoms with E-state index in [1.54, 1.807) is 46.0 Å². The number of nitrogens with one attached hydrogen (secondary N) is 1. The largest absolute Gasteiger partial charge is 0.283 e. The number of halogens is 1. The minimum atomic E-state index is -2.86. The molecule has 1 saturated carbocycles. The lowest BCUT2D eigenvalue weighted by atomic mass is 10.1. The van der Waals surface area contributed by atoms with Crippen molar-refractivity contribution in [1.29, 1.82) is 0 Å². The molecule has 6 rings (SSSR count). The second-order valence-corrected chi connectivity index (χ2v) is 9.32. The fourth-order valence-corrected chi connectivity index (χ4v) is 4.88. The number of imidazole rings is 1. The maximum Gasteiger partial charge on any atom is 0.202 e. The molecule has 176 valence electrons. The zero-order chi connectivity index (χ0) is 24.2. The van der Waals surface area contributed by atoms with Crippen LogP contribution in [0.2, 0.25) is 0 Å². The Morgan fingerprint density at radius 1 is 1.06 bits per heavy atom. The third-order valence-electron chi connectivity index (χ3n) is 6.18. The van der Waals surface area contributed by atoms with Gasteiger partial charge >= 0.3 is 0 Å².